The number of nitrogens with one attached hydrogen (secondary N) is 1. The Morgan fingerprint density at radius 2 is 1.92 bits per heavy atom. The van der Waals surface area contributed by atoms with Crippen molar-refractivity contribution in [2.75, 3.05) is 26.7 Å². The molecule has 0 radical (unpaired) electrons. The van der Waals surface area contributed by atoms with Crippen LogP contribution in [0, 0.1) is 0 Å². The van der Waals surface area contributed by atoms with Gasteiger partial charge in [0.25, 0.3) is 0 Å². The van der Waals surface area contributed by atoms with Crippen LogP contribution < -0.4 is 5.32 Å². The van der Waals surface area contributed by atoms with Crippen LogP contribution >= 0.6 is 0 Å². The predicted octanol–water partition coefficient (Wildman–Crippen LogP) is 1.72. The molecular formula is C10H24N2. The molecule has 0 bridgehead atoms. The third-order valence-electron chi connectivity index (χ3n) is 2.06. The summed E-state index contributed by atoms with van der Waals surface area (Å²) in [6.45, 7) is 10.1. The molecule has 74 valence electrons. The zero-order valence-corrected chi connectivity index (χ0v) is 9.06. The van der Waals surface area contributed by atoms with Gasteiger partial charge in [-0.2, -0.15) is 0 Å². The maximum absolute atomic E-state index is 3.42. The van der Waals surface area contributed by atoms with Crippen LogP contribution in [0.3, 0.4) is 0 Å². The molecule has 0 saturated carbocycles. The van der Waals surface area contributed by atoms with Gasteiger partial charge in [-0.15, -0.1) is 0 Å². The summed E-state index contributed by atoms with van der Waals surface area (Å²) < 4.78 is 0. The largest absolute Gasteiger partial charge is 0.315 e. The van der Waals surface area contributed by atoms with E-state index in [1.54, 1.807) is 0 Å². The molecule has 0 heterocycles. The van der Waals surface area contributed by atoms with Crippen LogP contribution in [-0.2, 0) is 0 Å². The van der Waals surface area contributed by atoms with Gasteiger partial charge in [0.1, 0.15) is 0 Å². The summed E-state index contributed by atoms with van der Waals surface area (Å²) in [5.74, 6) is 0. The van der Waals surface area contributed by atoms with Crippen molar-refractivity contribution in [1.82, 2.24) is 10.2 Å². The number of unbranched alkanes of at least 4 members (excludes halogenated alkanes) is 1. The van der Waals surface area contributed by atoms with Crippen molar-refractivity contribution >= 4 is 0 Å². The minimum atomic E-state index is 0.633. The van der Waals surface area contributed by atoms with Crippen LogP contribution in [0.1, 0.15) is 33.6 Å². The molecule has 0 aliphatic heterocycles. The standard InChI is InChI=1S/C10H24N2/c1-5-12(4)9-7-6-8-11-10(2)3/h10-11H,5-9H2,1-4H3. The first-order valence-corrected chi connectivity index (χ1v) is 5.08. The highest BCUT2D eigenvalue weighted by molar-refractivity contribution is 4.54. The van der Waals surface area contributed by atoms with Crippen molar-refractivity contribution in [3.8, 4) is 0 Å². The normalized spacial score (nSPS) is 11.5. The summed E-state index contributed by atoms with van der Waals surface area (Å²) in [6.07, 6.45) is 2.60. The first-order valence-electron chi connectivity index (χ1n) is 5.08. The van der Waals surface area contributed by atoms with Gasteiger partial charge >= 0.3 is 0 Å². The van der Waals surface area contributed by atoms with Crippen molar-refractivity contribution in [3.63, 3.8) is 0 Å². The second-order valence-corrected chi connectivity index (χ2v) is 3.71. The van der Waals surface area contributed by atoms with Crippen molar-refractivity contribution in [2.24, 2.45) is 0 Å². The molecule has 0 aromatic carbocycles. The highest BCUT2D eigenvalue weighted by atomic mass is 15.1. The van der Waals surface area contributed by atoms with Crippen LogP contribution in [0.2, 0.25) is 0 Å². The van der Waals surface area contributed by atoms with E-state index in [0.717, 1.165) is 13.1 Å². The maximum atomic E-state index is 3.42. The van der Waals surface area contributed by atoms with Gasteiger partial charge in [-0.25, -0.2) is 0 Å². The number of hydrogen-bond donors (Lipinski definition) is 1. The average Bonchev–Trinajstić information content (AvgIpc) is 2.03. The highest BCUT2D eigenvalue weighted by Crippen LogP contribution is 1.91. The van der Waals surface area contributed by atoms with Gasteiger partial charge in [-0.05, 0) is 39.5 Å². The summed E-state index contributed by atoms with van der Waals surface area (Å²) >= 11 is 0. The molecule has 0 amide bonds. The summed E-state index contributed by atoms with van der Waals surface area (Å²) in [5.41, 5.74) is 0. The van der Waals surface area contributed by atoms with E-state index in [9.17, 15) is 0 Å². The molecule has 0 spiro atoms. The van der Waals surface area contributed by atoms with E-state index in [4.69, 9.17) is 0 Å². The molecule has 0 aliphatic carbocycles. The van der Waals surface area contributed by atoms with E-state index in [2.05, 4.69) is 38.0 Å². The van der Waals surface area contributed by atoms with Crippen LogP contribution in [0.25, 0.3) is 0 Å². The first kappa shape index (κ1) is 11.9. The second kappa shape index (κ2) is 7.56. The monoisotopic (exact) mass is 172 g/mol. The van der Waals surface area contributed by atoms with E-state index in [-0.39, 0.29) is 0 Å². The number of rotatable bonds is 7. The fraction of sp³-hybridized carbons (Fsp3) is 1.00. The van der Waals surface area contributed by atoms with Crippen LogP contribution in [-0.4, -0.2) is 37.6 Å². The van der Waals surface area contributed by atoms with Crippen LogP contribution in [0.5, 0.6) is 0 Å². The quantitative estimate of drug-likeness (QED) is 0.588. The molecule has 0 aliphatic rings. The molecule has 0 aromatic heterocycles. The van der Waals surface area contributed by atoms with E-state index >= 15 is 0 Å². The van der Waals surface area contributed by atoms with Gasteiger partial charge in [0, 0.05) is 6.04 Å². The van der Waals surface area contributed by atoms with Crippen molar-refractivity contribution in [3.05, 3.63) is 0 Å². The molecule has 0 aromatic rings. The topological polar surface area (TPSA) is 15.3 Å². The molecule has 0 fully saturated rings. The molecule has 0 atom stereocenters. The third-order valence-corrected chi connectivity index (χ3v) is 2.06. The lowest BCUT2D eigenvalue weighted by molar-refractivity contribution is 0.341. The van der Waals surface area contributed by atoms with Crippen LogP contribution in [0.4, 0.5) is 0 Å². The summed E-state index contributed by atoms with van der Waals surface area (Å²) in [5, 5.41) is 3.42. The van der Waals surface area contributed by atoms with Crippen molar-refractivity contribution in [2.45, 2.75) is 39.7 Å². The van der Waals surface area contributed by atoms with Crippen molar-refractivity contribution in [1.29, 1.82) is 0 Å². The Kier molecular flexibility index (Phi) is 7.51. The summed E-state index contributed by atoms with van der Waals surface area (Å²) in [6, 6.07) is 0.633. The van der Waals surface area contributed by atoms with E-state index < -0.39 is 0 Å². The average molecular weight is 172 g/mol. The lowest BCUT2D eigenvalue weighted by Crippen LogP contribution is -2.25. The Balaban J connectivity index is 3.00. The number of nitrogens with zero attached hydrogens (tertiary/aromatic N) is 1. The second-order valence-electron chi connectivity index (χ2n) is 3.71. The Morgan fingerprint density at radius 3 is 2.42 bits per heavy atom. The minimum absolute atomic E-state index is 0.633. The van der Waals surface area contributed by atoms with Gasteiger partial charge in [-0.3, -0.25) is 0 Å². The maximum Gasteiger partial charge on any atom is 0.00103 e. The molecule has 0 saturated heterocycles. The molecule has 0 unspecified atom stereocenters. The lowest BCUT2D eigenvalue weighted by atomic mass is 10.3. The summed E-state index contributed by atoms with van der Waals surface area (Å²) in [7, 11) is 2.18. The fourth-order valence-electron chi connectivity index (χ4n) is 1.06. The van der Waals surface area contributed by atoms with Crippen LogP contribution in [0.15, 0.2) is 0 Å². The van der Waals surface area contributed by atoms with E-state index in [0.29, 0.717) is 6.04 Å². The summed E-state index contributed by atoms with van der Waals surface area (Å²) in [4.78, 5) is 2.36. The fourth-order valence-corrected chi connectivity index (χ4v) is 1.06. The Bertz CT molecular complexity index is 91.8. The van der Waals surface area contributed by atoms with Gasteiger partial charge < -0.3 is 10.2 Å². The van der Waals surface area contributed by atoms with E-state index in [1.165, 1.54) is 19.4 Å². The van der Waals surface area contributed by atoms with Gasteiger partial charge in [0.15, 0.2) is 0 Å². The highest BCUT2D eigenvalue weighted by Gasteiger charge is 1.94. The van der Waals surface area contributed by atoms with Gasteiger partial charge in [0.2, 0.25) is 0 Å². The smallest absolute Gasteiger partial charge is 0.00103 e. The van der Waals surface area contributed by atoms with Gasteiger partial charge in [-0.1, -0.05) is 20.8 Å². The lowest BCUT2D eigenvalue weighted by Gasteiger charge is -2.13. The SMILES string of the molecule is CCN(C)CCCCNC(C)C. The molecule has 2 nitrogen and oxygen atoms in total. The molecule has 0 rings (SSSR count). The molecule has 2 heteroatoms. The zero-order valence-electron chi connectivity index (χ0n) is 9.06. The molecular weight excluding hydrogens is 148 g/mol. The first-order chi connectivity index (χ1) is 5.66. The van der Waals surface area contributed by atoms with E-state index in [1.807, 2.05) is 0 Å². The third kappa shape index (κ3) is 8.02. The zero-order chi connectivity index (χ0) is 9.40. The Labute approximate surface area is 77.3 Å². The van der Waals surface area contributed by atoms with Gasteiger partial charge in [0.05, 0.1) is 0 Å². The predicted molar refractivity (Wildman–Crippen MR) is 55.5 cm³/mol. The Morgan fingerprint density at radius 1 is 1.25 bits per heavy atom. The number of hydrogen-bond acceptors (Lipinski definition) is 2. The molecule has 1 N–H and O–H groups in total. The Hall–Kier alpha value is -0.0800. The van der Waals surface area contributed by atoms with Crippen molar-refractivity contribution < 1.29 is 0 Å². The molecule has 12 heavy (non-hydrogen) atoms. The minimum Gasteiger partial charge on any atom is -0.315 e.